The Bertz CT molecular complexity index is 904. The van der Waals surface area contributed by atoms with Gasteiger partial charge in [-0.3, -0.25) is 4.79 Å². The minimum atomic E-state index is -0.340. The van der Waals surface area contributed by atoms with Crippen molar-refractivity contribution < 1.29 is 9.18 Å². The molecule has 0 saturated heterocycles. The van der Waals surface area contributed by atoms with E-state index < -0.39 is 0 Å². The summed E-state index contributed by atoms with van der Waals surface area (Å²) in [6, 6.07) is 14.7. The van der Waals surface area contributed by atoms with Crippen molar-refractivity contribution in [3.63, 3.8) is 0 Å². The summed E-state index contributed by atoms with van der Waals surface area (Å²) in [5, 5.41) is 12.3. The Morgan fingerprint density at radius 1 is 1.18 bits per heavy atom. The van der Waals surface area contributed by atoms with Crippen molar-refractivity contribution in [3.8, 4) is 6.07 Å². The molecule has 0 radical (unpaired) electrons. The molecule has 0 unspecified atom stereocenters. The second-order valence-corrected chi connectivity index (χ2v) is 4.94. The minimum absolute atomic E-state index is 0.288. The maximum absolute atomic E-state index is 13.3. The van der Waals surface area contributed by atoms with Gasteiger partial charge in [0.15, 0.2) is 0 Å². The van der Waals surface area contributed by atoms with Gasteiger partial charge in [0.05, 0.1) is 17.1 Å². The number of rotatable bonds is 2. The van der Waals surface area contributed by atoms with Gasteiger partial charge in [-0.2, -0.15) is 5.26 Å². The fraction of sp³-hybridized carbons (Fsp3) is 0.0588. The molecule has 0 aliphatic carbocycles. The van der Waals surface area contributed by atoms with Gasteiger partial charge >= 0.3 is 0 Å². The third-order valence-electron chi connectivity index (χ3n) is 3.51. The molecule has 1 heterocycles. The van der Waals surface area contributed by atoms with E-state index in [0.29, 0.717) is 22.5 Å². The second kappa shape index (κ2) is 5.34. The van der Waals surface area contributed by atoms with Gasteiger partial charge in [-0.1, -0.05) is 0 Å². The number of nitriles is 1. The van der Waals surface area contributed by atoms with Gasteiger partial charge in [0.1, 0.15) is 11.5 Å². The quantitative estimate of drug-likeness (QED) is 0.786. The van der Waals surface area contributed by atoms with Crippen LogP contribution in [-0.2, 0) is 7.05 Å². The predicted octanol–water partition coefficient (Wildman–Crippen LogP) is 3.44. The van der Waals surface area contributed by atoms with Crippen molar-refractivity contribution in [2.45, 2.75) is 0 Å². The average Bonchev–Trinajstić information content (AvgIpc) is 2.85. The number of aryl methyl sites for hydroxylation is 1. The SMILES string of the molecule is Cn1c(C(=O)Nc2ccc(C#N)cc2)cc2ccc(F)cc21. The first-order valence-corrected chi connectivity index (χ1v) is 6.65. The second-order valence-electron chi connectivity index (χ2n) is 4.94. The molecule has 0 saturated carbocycles. The standard InChI is InChI=1S/C17H12FN3O/c1-21-15-9-13(18)5-4-12(15)8-16(21)17(22)20-14-6-2-11(10-19)3-7-14/h2-9H,1H3,(H,20,22). The van der Waals surface area contributed by atoms with Crippen LogP contribution in [0.1, 0.15) is 16.1 Å². The van der Waals surface area contributed by atoms with Gasteiger partial charge < -0.3 is 9.88 Å². The summed E-state index contributed by atoms with van der Waals surface area (Å²) in [6.45, 7) is 0. The molecule has 2 aromatic carbocycles. The fourth-order valence-electron chi connectivity index (χ4n) is 2.34. The van der Waals surface area contributed by atoms with E-state index in [1.54, 1.807) is 48.0 Å². The Kier molecular flexibility index (Phi) is 3.36. The largest absolute Gasteiger partial charge is 0.340 e. The number of carbonyl (C=O) groups is 1. The van der Waals surface area contributed by atoms with Crippen LogP contribution in [0.25, 0.3) is 10.9 Å². The number of fused-ring (bicyclic) bond motifs is 1. The third kappa shape index (κ3) is 2.42. The lowest BCUT2D eigenvalue weighted by Gasteiger charge is -2.06. The Balaban J connectivity index is 1.91. The van der Waals surface area contributed by atoms with Crippen molar-refractivity contribution in [1.82, 2.24) is 4.57 Å². The molecule has 1 N–H and O–H groups in total. The number of nitrogens with one attached hydrogen (secondary N) is 1. The molecule has 0 bridgehead atoms. The van der Waals surface area contributed by atoms with E-state index in [4.69, 9.17) is 5.26 Å². The summed E-state index contributed by atoms with van der Waals surface area (Å²) in [4.78, 5) is 12.4. The van der Waals surface area contributed by atoms with Crippen LogP contribution in [-0.4, -0.2) is 10.5 Å². The summed E-state index contributed by atoms with van der Waals surface area (Å²) >= 11 is 0. The van der Waals surface area contributed by atoms with Crippen molar-refractivity contribution >= 4 is 22.5 Å². The highest BCUT2D eigenvalue weighted by atomic mass is 19.1. The number of hydrogen-bond donors (Lipinski definition) is 1. The lowest BCUT2D eigenvalue weighted by atomic mass is 10.2. The molecule has 0 aliphatic heterocycles. The lowest BCUT2D eigenvalue weighted by Crippen LogP contribution is -2.15. The van der Waals surface area contributed by atoms with Crippen LogP contribution in [0.4, 0.5) is 10.1 Å². The Hall–Kier alpha value is -3.13. The first kappa shape index (κ1) is 13.8. The number of amides is 1. The summed E-state index contributed by atoms with van der Waals surface area (Å²) in [5.41, 5.74) is 2.22. The van der Waals surface area contributed by atoms with Crippen LogP contribution >= 0.6 is 0 Å². The maximum atomic E-state index is 13.3. The fourth-order valence-corrected chi connectivity index (χ4v) is 2.34. The van der Waals surface area contributed by atoms with E-state index in [9.17, 15) is 9.18 Å². The summed E-state index contributed by atoms with van der Waals surface area (Å²) in [5.74, 6) is -0.628. The molecular weight excluding hydrogens is 281 g/mol. The van der Waals surface area contributed by atoms with E-state index in [2.05, 4.69) is 5.32 Å². The smallest absolute Gasteiger partial charge is 0.272 e. The molecule has 0 atom stereocenters. The average molecular weight is 293 g/mol. The van der Waals surface area contributed by atoms with Crippen LogP contribution in [0.2, 0.25) is 0 Å². The van der Waals surface area contributed by atoms with Crippen molar-refractivity contribution in [2.24, 2.45) is 7.05 Å². The highest BCUT2D eigenvalue weighted by molar-refractivity contribution is 6.06. The summed E-state index contributed by atoms with van der Waals surface area (Å²) < 4.78 is 15.0. The number of anilines is 1. The normalized spacial score (nSPS) is 10.4. The number of carbonyl (C=O) groups excluding carboxylic acids is 1. The summed E-state index contributed by atoms with van der Waals surface area (Å²) in [6.07, 6.45) is 0. The highest BCUT2D eigenvalue weighted by Crippen LogP contribution is 2.21. The molecule has 108 valence electrons. The molecule has 0 fully saturated rings. The lowest BCUT2D eigenvalue weighted by molar-refractivity contribution is 0.101. The zero-order chi connectivity index (χ0) is 15.7. The monoisotopic (exact) mass is 293 g/mol. The van der Waals surface area contributed by atoms with E-state index in [-0.39, 0.29) is 11.7 Å². The highest BCUT2D eigenvalue weighted by Gasteiger charge is 2.14. The zero-order valence-corrected chi connectivity index (χ0v) is 11.8. The van der Waals surface area contributed by atoms with E-state index in [0.717, 1.165) is 5.39 Å². The van der Waals surface area contributed by atoms with Crippen LogP contribution in [0.5, 0.6) is 0 Å². The van der Waals surface area contributed by atoms with Gasteiger partial charge in [0.2, 0.25) is 0 Å². The van der Waals surface area contributed by atoms with E-state index in [1.165, 1.54) is 12.1 Å². The topological polar surface area (TPSA) is 57.8 Å². The number of aromatic nitrogens is 1. The van der Waals surface area contributed by atoms with Gasteiger partial charge in [-0.15, -0.1) is 0 Å². The number of benzene rings is 2. The Morgan fingerprint density at radius 3 is 2.59 bits per heavy atom. The first-order chi connectivity index (χ1) is 10.6. The van der Waals surface area contributed by atoms with Gasteiger partial charge in [-0.25, -0.2) is 4.39 Å². The van der Waals surface area contributed by atoms with Crippen LogP contribution in [0, 0.1) is 17.1 Å². The molecule has 3 aromatic rings. The number of halogens is 1. The number of hydrogen-bond acceptors (Lipinski definition) is 2. The molecule has 0 aliphatic rings. The van der Waals surface area contributed by atoms with Gasteiger partial charge in [0.25, 0.3) is 5.91 Å². The van der Waals surface area contributed by atoms with Crippen molar-refractivity contribution in [2.75, 3.05) is 5.32 Å². The molecular formula is C17H12FN3O. The molecule has 3 rings (SSSR count). The van der Waals surface area contributed by atoms with E-state index >= 15 is 0 Å². The van der Waals surface area contributed by atoms with Crippen LogP contribution < -0.4 is 5.32 Å². The molecule has 0 spiro atoms. The third-order valence-corrected chi connectivity index (χ3v) is 3.51. The molecule has 5 heteroatoms. The Morgan fingerprint density at radius 2 is 1.91 bits per heavy atom. The van der Waals surface area contributed by atoms with Crippen LogP contribution in [0.15, 0.2) is 48.5 Å². The Labute approximate surface area is 126 Å². The van der Waals surface area contributed by atoms with Crippen molar-refractivity contribution in [1.29, 1.82) is 5.26 Å². The number of nitrogens with zero attached hydrogens (tertiary/aromatic N) is 2. The predicted molar refractivity (Wildman–Crippen MR) is 82.0 cm³/mol. The molecule has 4 nitrogen and oxygen atoms in total. The van der Waals surface area contributed by atoms with E-state index in [1.807, 2.05) is 6.07 Å². The first-order valence-electron chi connectivity index (χ1n) is 6.65. The van der Waals surface area contributed by atoms with Crippen molar-refractivity contribution in [3.05, 3.63) is 65.6 Å². The summed E-state index contributed by atoms with van der Waals surface area (Å²) in [7, 11) is 1.72. The molecule has 22 heavy (non-hydrogen) atoms. The van der Waals surface area contributed by atoms with Crippen LogP contribution in [0.3, 0.4) is 0 Å². The minimum Gasteiger partial charge on any atom is -0.340 e. The zero-order valence-electron chi connectivity index (χ0n) is 11.8. The molecule has 1 amide bonds. The van der Waals surface area contributed by atoms with Gasteiger partial charge in [-0.05, 0) is 48.5 Å². The maximum Gasteiger partial charge on any atom is 0.272 e. The molecule has 1 aromatic heterocycles. The van der Waals surface area contributed by atoms with Gasteiger partial charge in [0, 0.05) is 18.1 Å².